The van der Waals surface area contributed by atoms with Gasteiger partial charge in [-0.1, -0.05) is 280 Å². The molecule has 0 N–H and O–H groups in total. The fourth-order valence-electron chi connectivity index (χ4n) is 8.15. The highest BCUT2D eigenvalue weighted by molar-refractivity contribution is 5.71. The molecule has 0 aliphatic rings. The zero-order valence-corrected chi connectivity index (χ0v) is 51.7. The summed E-state index contributed by atoms with van der Waals surface area (Å²) in [5, 5.41) is 0. The molecule has 6 nitrogen and oxygen atoms in total. The van der Waals surface area contributed by atoms with Crippen molar-refractivity contribution in [3.8, 4) is 0 Å². The monoisotopic (exact) mass is 1110 g/mol. The Morgan fingerprint density at radius 2 is 0.494 bits per heavy atom. The topological polar surface area (TPSA) is 78.9 Å². The van der Waals surface area contributed by atoms with Gasteiger partial charge in [-0.3, -0.25) is 14.4 Å². The molecule has 0 radical (unpaired) electrons. The fourth-order valence-corrected chi connectivity index (χ4v) is 8.15. The number of hydrogen-bond acceptors (Lipinski definition) is 6. The molecule has 0 saturated heterocycles. The molecule has 0 heterocycles. The number of carbonyl (C=O) groups is 3. The van der Waals surface area contributed by atoms with Gasteiger partial charge >= 0.3 is 17.9 Å². The molecule has 0 aliphatic carbocycles. The van der Waals surface area contributed by atoms with Crippen LogP contribution < -0.4 is 0 Å². The summed E-state index contributed by atoms with van der Waals surface area (Å²) in [6.45, 7) is 6.30. The van der Waals surface area contributed by atoms with Crippen LogP contribution in [0.5, 0.6) is 0 Å². The van der Waals surface area contributed by atoms with Gasteiger partial charge in [0.1, 0.15) is 13.2 Å². The largest absolute Gasteiger partial charge is 0.462 e. The van der Waals surface area contributed by atoms with Gasteiger partial charge in [0.05, 0.1) is 0 Å². The first-order chi connectivity index (χ1) is 40.0. The number of carbonyl (C=O) groups excluding carboxylic acids is 3. The number of esters is 3. The molecule has 6 heteroatoms. The summed E-state index contributed by atoms with van der Waals surface area (Å²) in [6.07, 6.45) is 101. The van der Waals surface area contributed by atoms with Crippen LogP contribution in [0.2, 0.25) is 0 Å². The molecule has 1 atom stereocenters. The quantitative estimate of drug-likeness (QED) is 0.0261. The van der Waals surface area contributed by atoms with Crippen molar-refractivity contribution in [1.29, 1.82) is 0 Å². The molecule has 0 saturated carbocycles. The zero-order chi connectivity index (χ0) is 58.5. The second-order valence-electron chi connectivity index (χ2n) is 20.6. The van der Waals surface area contributed by atoms with Crippen LogP contribution in [0.25, 0.3) is 0 Å². The Bertz CT molecular complexity index is 1900. The molecule has 0 aromatic rings. The predicted octanol–water partition coefficient (Wildman–Crippen LogP) is 22.4. The van der Waals surface area contributed by atoms with E-state index in [4.69, 9.17) is 14.2 Å². The van der Waals surface area contributed by atoms with Crippen LogP contribution in [-0.4, -0.2) is 37.2 Å². The maximum Gasteiger partial charge on any atom is 0.306 e. The molecule has 0 aliphatic heterocycles. The van der Waals surface area contributed by atoms with Gasteiger partial charge in [0.15, 0.2) is 6.10 Å². The summed E-state index contributed by atoms with van der Waals surface area (Å²) in [5.41, 5.74) is 0. The molecule has 0 rings (SSSR count). The van der Waals surface area contributed by atoms with Crippen molar-refractivity contribution in [1.82, 2.24) is 0 Å². The van der Waals surface area contributed by atoms with Gasteiger partial charge in [-0.05, 0) is 135 Å². The Labute approximate surface area is 497 Å². The maximum atomic E-state index is 12.9. The highest BCUT2D eigenvalue weighted by atomic mass is 16.6. The van der Waals surface area contributed by atoms with E-state index in [0.717, 1.165) is 148 Å². The van der Waals surface area contributed by atoms with E-state index in [0.29, 0.717) is 19.3 Å². The third-order valence-corrected chi connectivity index (χ3v) is 12.9. The molecule has 452 valence electrons. The Hall–Kier alpha value is -5.49. The third kappa shape index (κ3) is 65.2. The van der Waals surface area contributed by atoms with E-state index < -0.39 is 6.10 Å². The van der Waals surface area contributed by atoms with E-state index in [-0.39, 0.29) is 37.5 Å². The Morgan fingerprint density at radius 1 is 0.259 bits per heavy atom. The molecular formula is C75H116O6. The van der Waals surface area contributed by atoms with Crippen molar-refractivity contribution < 1.29 is 28.6 Å². The van der Waals surface area contributed by atoms with Crippen molar-refractivity contribution in [3.05, 3.63) is 182 Å². The molecule has 0 bridgehead atoms. The van der Waals surface area contributed by atoms with Crippen molar-refractivity contribution in [3.63, 3.8) is 0 Å². The lowest BCUT2D eigenvalue weighted by molar-refractivity contribution is -0.167. The van der Waals surface area contributed by atoms with Crippen molar-refractivity contribution in [2.75, 3.05) is 13.2 Å². The first-order valence-electron chi connectivity index (χ1n) is 32.3. The van der Waals surface area contributed by atoms with Crippen molar-refractivity contribution in [2.24, 2.45) is 0 Å². The summed E-state index contributed by atoms with van der Waals surface area (Å²) in [7, 11) is 0. The van der Waals surface area contributed by atoms with Crippen LogP contribution in [0.4, 0.5) is 0 Å². The van der Waals surface area contributed by atoms with Gasteiger partial charge in [0.25, 0.3) is 0 Å². The van der Waals surface area contributed by atoms with E-state index in [9.17, 15) is 14.4 Å². The number of unbranched alkanes of at least 4 members (excludes halogenated alkanes) is 15. The average molecular weight is 1110 g/mol. The second kappa shape index (κ2) is 67.0. The summed E-state index contributed by atoms with van der Waals surface area (Å²) in [5.74, 6) is -0.993. The smallest absolute Gasteiger partial charge is 0.306 e. The lowest BCUT2D eigenvalue weighted by Gasteiger charge is -2.18. The minimum Gasteiger partial charge on any atom is -0.462 e. The minimum absolute atomic E-state index is 0.107. The number of ether oxygens (including phenoxy) is 3. The number of rotatable bonds is 56. The fraction of sp³-hybridized carbons (Fsp3) is 0.560. The van der Waals surface area contributed by atoms with Crippen molar-refractivity contribution in [2.45, 2.75) is 258 Å². The average Bonchev–Trinajstić information content (AvgIpc) is 3.47. The summed E-state index contributed by atoms with van der Waals surface area (Å²) >= 11 is 0. The van der Waals surface area contributed by atoms with Gasteiger partial charge < -0.3 is 14.2 Å². The van der Waals surface area contributed by atoms with E-state index in [1.54, 1.807) is 0 Å². The van der Waals surface area contributed by atoms with E-state index in [1.807, 2.05) is 0 Å². The van der Waals surface area contributed by atoms with Gasteiger partial charge in [-0.25, -0.2) is 0 Å². The molecule has 0 aromatic heterocycles. The minimum atomic E-state index is -0.814. The highest BCUT2D eigenvalue weighted by Gasteiger charge is 2.19. The summed E-state index contributed by atoms with van der Waals surface area (Å²) < 4.78 is 16.8. The van der Waals surface area contributed by atoms with Crippen LogP contribution in [0.15, 0.2) is 182 Å². The highest BCUT2D eigenvalue weighted by Crippen LogP contribution is 2.14. The Balaban J connectivity index is 4.32. The van der Waals surface area contributed by atoms with Crippen LogP contribution in [0.3, 0.4) is 0 Å². The summed E-state index contributed by atoms with van der Waals surface area (Å²) in [6, 6.07) is 0. The predicted molar refractivity (Wildman–Crippen MR) is 352 cm³/mol. The lowest BCUT2D eigenvalue weighted by atomic mass is 10.1. The third-order valence-electron chi connectivity index (χ3n) is 12.9. The molecule has 81 heavy (non-hydrogen) atoms. The maximum absolute atomic E-state index is 12.9. The molecule has 0 fully saturated rings. The number of allylic oxidation sites excluding steroid dienone is 30. The van der Waals surface area contributed by atoms with Crippen LogP contribution in [0, 0.1) is 0 Å². The SMILES string of the molecule is CC/C=C\C/C=C\C/C=C\C/C=C\C/C=C\C/C=C\C/C=C\C/C=C\C/C=C\CCCC(=O)OCC(COC(=O)CCCCCCCCC)OC(=O)CCCCCCCCCC/C=C\C/C=C\C/C=C\C/C=C\C/C=C\C/C=C\CC. The van der Waals surface area contributed by atoms with Gasteiger partial charge in [-0.15, -0.1) is 0 Å². The van der Waals surface area contributed by atoms with Gasteiger partial charge in [0, 0.05) is 19.3 Å². The van der Waals surface area contributed by atoms with E-state index >= 15 is 0 Å². The standard InChI is InChI=1S/C75H116O6/c1-4-7-10-13-16-18-20-22-24-26-28-30-32-34-36-37-39-40-42-44-46-48-50-52-54-56-59-62-65-68-74(77)80-71-72(70-79-73(76)67-64-61-58-15-12-9-6-3)81-75(78)69-66-63-60-57-55-53-51-49-47-45-43-41-38-35-33-31-29-27-25-23-21-19-17-14-11-8-5-2/h7-8,10-11,16-19,22-25,28-31,34-36,38-40,43-46,50,52,56,59,72H,4-6,9,12-15,20-21,26-27,32-33,37,41-42,47-49,51,53-55,57-58,60-71H2,1-3H3/b10-7-,11-8-,18-16-,19-17-,24-22-,25-23-,30-28-,31-29-,36-34-,38-35-,40-39-,45-43-,46-44-,52-50-,59-56-. The Morgan fingerprint density at radius 3 is 0.802 bits per heavy atom. The second-order valence-corrected chi connectivity index (χ2v) is 20.6. The van der Waals surface area contributed by atoms with Crippen LogP contribution >= 0.6 is 0 Å². The van der Waals surface area contributed by atoms with Crippen LogP contribution in [0.1, 0.15) is 252 Å². The Kier molecular flexibility index (Phi) is 62.5. The van der Waals surface area contributed by atoms with Gasteiger partial charge in [0.2, 0.25) is 0 Å². The molecule has 0 amide bonds. The normalized spacial score (nSPS) is 13.4. The summed E-state index contributed by atoms with van der Waals surface area (Å²) in [4.78, 5) is 38.1. The van der Waals surface area contributed by atoms with Crippen LogP contribution in [-0.2, 0) is 28.6 Å². The molecule has 1 unspecified atom stereocenters. The molecule has 0 aromatic carbocycles. The molecule has 0 spiro atoms. The zero-order valence-electron chi connectivity index (χ0n) is 51.7. The number of hydrogen-bond donors (Lipinski definition) is 0. The first-order valence-corrected chi connectivity index (χ1v) is 32.3. The first kappa shape index (κ1) is 75.5. The molecular weight excluding hydrogens is 997 g/mol. The van der Waals surface area contributed by atoms with E-state index in [1.165, 1.54) is 57.8 Å². The lowest BCUT2D eigenvalue weighted by Crippen LogP contribution is -2.30. The van der Waals surface area contributed by atoms with Gasteiger partial charge in [-0.2, -0.15) is 0 Å². The van der Waals surface area contributed by atoms with E-state index in [2.05, 4.69) is 203 Å². The van der Waals surface area contributed by atoms with Crippen molar-refractivity contribution >= 4 is 17.9 Å².